The highest BCUT2D eigenvalue weighted by molar-refractivity contribution is 6.35. The van der Waals surface area contributed by atoms with Gasteiger partial charge in [-0.05, 0) is 35.7 Å². The molecule has 21 heavy (non-hydrogen) atoms. The summed E-state index contributed by atoms with van der Waals surface area (Å²) in [7, 11) is 0. The maximum absolute atomic E-state index is 6.12. The van der Waals surface area contributed by atoms with Crippen molar-refractivity contribution in [2.45, 2.75) is 19.8 Å². The molecule has 0 atom stereocenters. The third-order valence-corrected chi connectivity index (χ3v) is 3.83. The number of halogens is 2. The standard InChI is InChI=1S/C17H20Cl2N2/c1-12(2)14-5-3-4-6-16(14)20-9-10-21-17-11-13(18)7-8-15(17)19/h3-8,11-12,20-21H,9-10H2,1-2H3. The highest BCUT2D eigenvalue weighted by Gasteiger charge is 2.05. The molecule has 2 rings (SSSR count). The number of benzene rings is 2. The average Bonchev–Trinajstić information content (AvgIpc) is 2.47. The van der Waals surface area contributed by atoms with Crippen molar-refractivity contribution in [2.24, 2.45) is 0 Å². The molecule has 112 valence electrons. The Labute approximate surface area is 136 Å². The first-order valence-electron chi connectivity index (χ1n) is 7.09. The lowest BCUT2D eigenvalue weighted by molar-refractivity contribution is 0.865. The van der Waals surface area contributed by atoms with Crippen molar-refractivity contribution in [1.82, 2.24) is 0 Å². The van der Waals surface area contributed by atoms with Gasteiger partial charge in [0.2, 0.25) is 0 Å². The lowest BCUT2D eigenvalue weighted by Gasteiger charge is -2.15. The van der Waals surface area contributed by atoms with Gasteiger partial charge >= 0.3 is 0 Å². The Balaban J connectivity index is 1.89. The molecular weight excluding hydrogens is 303 g/mol. The van der Waals surface area contributed by atoms with Crippen molar-refractivity contribution in [3.63, 3.8) is 0 Å². The molecule has 0 heterocycles. The van der Waals surface area contributed by atoms with Crippen LogP contribution >= 0.6 is 23.2 Å². The highest BCUT2D eigenvalue weighted by atomic mass is 35.5. The van der Waals surface area contributed by atoms with Crippen LogP contribution in [-0.2, 0) is 0 Å². The fourth-order valence-corrected chi connectivity index (χ4v) is 2.55. The fraction of sp³-hybridized carbons (Fsp3) is 0.294. The van der Waals surface area contributed by atoms with E-state index < -0.39 is 0 Å². The number of anilines is 2. The first-order valence-corrected chi connectivity index (χ1v) is 7.85. The molecule has 0 saturated carbocycles. The minimum Gasteiger partial charge on any atom is -0.383 e. The van der Waals surface area contributed by atoms with Gasteiger partial charge in [0.05, 0.1) is 10.7 Å². The number of rotatable bonds is 6. The van der Waals surface area contributed by atoms with Gasteiger partial charge in [-0.2, -0.15) is 0 Å². The summed E-state index contributed by atoms with van der Waals surface area (Å²) in [6.07, 6.45) is 0. The molecule has 4 heteroatoms. The maximum Gasteiger partial charge on any atom is 0.0638 e. The Morgan fingerprint density at radius 2 is 1.57 bits per heavy atom. The molecule has 0 unspecified atom stereocenters. The van der Waals surface area contributed by atoms with Crippen LogP contribution in [0.5, 0.6) is 0 Å². The number of nitrogens with one attached hydrogen (secondary N) is 2. The Bertz CT molecular complexity index is 597. The molecule has 0 aromatic heterocycles. The fourth-order valence-electron chi connectivity index (χ4n) is 2.19. The van der Waals surface area contributed by atoms with Crippen LogP contribution in [0.1, 0.15) is 25.3 Å². The Hall–Kier alpha value is -1.38. The van der Waals surface area contributed by atoms with E-state index in [0.717, 1.165) is 18.8 Å². The monoisotopic (exact) mass is 322 g/mol. The third kappa shape index (κ3) is 4.55. The number of hydrogen-bond acceptors (Lipinski definition) is 2. The summed E-state index contributed by atoms with van der Waals surface area (Å²) in [6, 6.07) is 13.8. The summed E-state index contributed by atoms with van der Waals surface area (Å²) in [4.78, 5) is 0. The molecule has 0 spiro atoms. The summed E-state index contributed by atoms with van der Waals surface area (Å²) >= 11 is 12.1. The Morgan fingerprint density at radius 1 is 0.905 bits per heavy atom. The van der Waals surface area contributed by atoms with E-state index in [2.05, 4.69) is 48.7 Å². The van der Waals surface area contributed by atoms with Gasteiger partial charge in [0.15, 0.2) is 0 Å². The van der Waals surface area contributed by atoms with Gasteiger partial charge in [-0.15, -0.1) is 0 Å². The third-order valence-electron chi connectivity index (χ3n) is 3.27. The second-order valence-corrected chi connectivity index (χ2v) is 6.06. The molecule has 0 saturated heterocycles. The van der Waals surface area contributed by atoms with Crippen LogP contribution in [0.15, 0.2) is 42.5 Å². The molecule has 2 aromatic rings. The summed E-state index contributed by atoms with van der Waals surface area (Å²) in [5, 5.41) is 8.12. The molecule has 2 aromatic carbocycles. The van der Waals surface area contributed by atoms with Crippen molar-refractivity contribution in [3.8, 4) is 0 Å². The number of para-hydroxylation sites is 1. The van der Waals surface area contributed by atoms with Crippen LogP contribution in [0.4, 0.5) is 11.4 Å². The van der Waals surface area contributed by atoms with Crippen molar-refractivity contribution >= 4 is 34.6 Å². The predicted molar refractivity (Wildman–Crippen MR) is 94.0 cm³/mol. The van der Waals surface area contributed by atoms with Gasteiger partial charge < -0.3 is 10.6 Å². The molecule has 0 aliphatic heterocycles. The van der Waals surface area contributed by atoms with E-state index in [9.17, 15) is 0 Å². The van der Waals surface area contributed by atoms with Gasteiger partial charge in [0.1, 0.15) is 0 Å². The zero-order chi connectivity index (χ0) is 15.2. The predicted octanol–water partition coefficient (Wildman–Crippen LogP) is 5.64. The van der Waals surface area contributed by atoms with Crippen LogP contribution < -0.4 is 10.6 Å². The van der Waals surface area contributed by atoms with Crippen LogP contribution in [0.3, 0.4) is 0 Å². The molecule has 0 radical (unpaired) electrons. The molecule has 0 bridgehead atoms. The van der Waals surface area contributed by atoms with Crippen molar-refractivity contribution < 1.29 is 0 Å². The van der Waals surface area contributed by atoms with Gasteiger partial charge in [-0.25, -0.2) is 0 Å². The van der Waals surface area contributed by atoms with E-state index in [-0.39, 0.29) is 0 Å². The van der Waals surface area contributed by atoms with Crippen molar-refractivity contribution in [2.75, 3.05) is 23.7 Å². The summed E-state index contributed by atoms with van der Waals surface area (Å²) in [5.74, 6) is 0.504. The van der Waals surface area contributed by atoms with Crippen molar-refractivity contribution in [1.29, 1.82) is 0 Å². The van der Waals surface area contributed by atoms with Crippen LogP contribution in [0.2, 0.25) is 10.0 Å². The smallest absolute Gasteiger partial charge is 0.0638 e. The maximum atomic E-state index is 6.12. The van der Waals surface area contributed by atoms with Gasteiger partial charge in [0.25, 0.3) is 0 Å². The molecule has 0 aliphatic rings. The zero-order valence-corrected chi connectivity index (χ0v) is 13.8. The lowest BCUT2D eigenvalue weighted by atomic mass is 10.0. The largest absolute Gasteiger partial charge is 0.383 e. The molecule has 0 amide bonds. The molecule has 0 fully saturated rings. The SMILES string of the molecule is CC(C)c1ccccc1NCCNc1cc(Cl)ccc1Cl. The summed E-state index contributed by atoms with van der Waals surface area (Å²) in [5.41, 5.74) is 3.38. The second kappa shape index (κ2) is 7.58. The molecule has 0 aliphatic carbocycles. The molecular formula is C17H20Cl2N2. The molecule has 2 nitrogen and oxygen atoms in total. The Kier molecular flexibility index (Phi) is 5.77. The van der Waals surface area contributed by atoms with Gasteiger partial charge in [0, 0.05) is 23.8 Å². The van der Waals surface area contributed by atoms with E-state index in [1.54, 1.807) is 12.1 Å². The lowest BCUT2D eigenvalue weighted by Crippen LogP contribution is -2.15. The number of hydrogen-bond donors (Lipinski definition) is 2. The highest BCUT2D eigenvalue weighted by Crippen LogP contribution is 2.25. The van der Waals surface area contributed by atoms with E-state index in [0.29, 0.717) is 16.0 Å². The first kappa shape index (κ1) is 16.0. The minimum atomic E-state index is 0.504. The first-order chi connectivity index (χ1) is 10.1. The van der Waals surface area contributed by atoms with E-state index >= 15 is 0 Å². The average molecular weight is 323 g/mol. The summed E-state index contributed by atoms with van der Waals surface area (Å²) in [6.45, 7) is 5.98. The van der Waals surface area contributed by atoms with E-state index in [1.165, 1.54) is 11.3 Å². The van der Waals surface area contributed by atoms with E-state index in [4.69, 9.17) is 23.2 Å². The quantitative estimate of drug-likeness (QED) is 0.672. The summed E-state index contributed by atoms with van der Waals surface area (Å²) < 4.78 is 0. The van der Waals surface area contributed by atoms with Crippen LogP contribution in [0.25, 0.3) is 0 Å². The van der Waals surface area contributed by atoms with Gasteiger partial charge in [-0.3, -0.25) is 0 Å². The van der Waals surface area contributed by atoms with Gasteiger partial charge in [-0.1, -0.05) is 55.2 Å². The van der Waals surface area contributed by atoms with Crippen LogP contribution in [-0.4, -0.2) is 13.1 Å². The van der Waals surface area contributed by atoms with E-state index in [1.807, 2.05) is 6.07 Å². The normalized spacial score (nSPS) is 10.7. The minimum absolute atomic E-state index is 0.504. The second-order valence-electron chi connectivity index (χ2n) is 5.22. The molecule has 2 N–H and O–H groups in total. The topological polar surface area (TPSA) is 24.1 Å². The van der Waals surface area contributed by atoms with Crippen molar-refractivity contribution in [3.05, 3.63) is 58.1 Å². The Morgan fingerprint density at radius 3 is 2.29 bits per heavy atom. The zero-order valence-electron chi connectivity index (χ0n) is 12.3. The van der Waals surface area contributed by atoms with Crippen LogP contribution in [0, 0.1) is 0 Å².